The van der Waals surface area contributed by atoms with Gasteiger partial charge in [-0.05, 0) is 29.3 Å². The molecule has 0 aromatic heterocycles. The van der Waals surface area contributed by atoms with Gasteiger partial charge in [0.2, 0.25) is 0 Å². The molecule has 1 aliphatic rings. The van der Waals surface area contributed by atoms with Crippen LogP contribution in [0.25, 0.3) is 0 Å². The molecule has 29 heavy (non-hydrogen) atoms. The summed E-state index contributed by atoms with van der Waals surface area (Å²) in [4.78, 5) is 14.7. The molecule has 3 rings (SSSR count). The van der Waals surface area contributed by atoms with Crippen molar-refractivity contribution in [1.82, 2.24) is 10.2 Å². The van der Waals surface area contributed by atoms with Crippen LogP contribution in [-0.2, 0) is 17.8 Å². The van der Waals surface area contributed by atoms with E-state index in [1.165, 1.54) is 30.9 Å². The van der Waals surface area contributed by atoms with Crippen molar-refractivity contribution in [2.75, 3.05) is 33.4 Å². The van der Waals surface area contributed by atoms with E-state index in [1.54, 1.807) is 0 Å². The molecule has 6 nitrogen and oxygen atoms in total. The fourth-order valence-corrected chi connectivity index (χ4v) is 3.07. The predicted molar refractivity (Wildman–Crippen MR) is 103 cm³/mol. The number of nitrogens with zero attached hydrogens (tertiary/aromatic N) is 1. The van der Waals surface area contributed by atoms with Crippen LogP contribution in [0.3, 0.4) is 0 Å². The van der Waals surface area contributed by atoms with Crippen LogP contribution in [-0.4, -0.2) is 50.8 Å². The molecule has 0 saturated carbocycles. The zero-order valence-electron chi connectivity index (χ0n) is 16.2. The molecule has 0 unspecified atom stereocenters. The first-order valence-corrected chi connectivity index (χ1v) is 9.34. The Kier molecular flexibility index (Phi) is 7.37. The monoisotopic (exact) mass is 406 g/mol. The predicted octanol–water partition coefficient (Wildman–Crippen LogP) is 3.06. The summed E-state index contributed by atoms with van der Waals surface area (Å²) >= 11 is 0. The Morgan fingerprint density at radius 3 is 2.45 bits per heavy atom. The average Bonchev–Trinajstić information content (AvgIpc) is 2.73. The number of carbonyl (C=O) groups is 1. The zero-order chi connectivity index (χ0) is 20.6. The molecule has 156 valence electrons. The lowest BCUT2D eigenvalue weighted by Gasteiger charge is -2.26. The summed E-state index contributed by atoms with van der Waals surface area (Å²) < 4.78 is 39.8. The highest BCUT2D eigenvalue weighted by Gasteiger charge is 2.15. The van der Waals surface area contributed by atoms with Crippen molar-refractivity contribution >= 4 is 5.91 Å². The molecule has 1 fully saturated rings. The molecule has 0 spiro atoms. The Bertz CT molecular complexity index is 809. The maximum absolute atomic E-state index is 12.5. The van der Waals surface area contributed by atoms with Crippen molar-refractivity contribution in [1.29, 1.82) is 0 Å². The minimum Gasteiger partial charge on any atom is -0.493 e. The number of methoxy groups -OCH3 is 1. The number of ether oxygens (including phenoxy) is 3. The molecule has 1 aliphatic heterocycles. The van der Waals surface area contributed by atoms with Gasteiger partial charge in [-0.25, -0.2) is 0 Å². The van der Waals surface area contributed by atoms with Crippen LogP contribution in [0.2, 0.25) is 0 Å². The smallest absolute Gasteiger partial charge is 0.387 e. The van der Waals surface area contributed by atoms with Crippen LogP contribution < -0.4 is 14.8 Å². The second kappa shape index (κ2) is 10.2. The number of morpholine rings is 1. The Morgan fingerprint density at radius 2 is 1.79 bits per heavy atom. The second-order valence-corrected chi connectivity index (χ2v) is 6.63. The van der Waals surface area contributed by atoms with Crippen LogP contribution >= 0.6 is 0 Å². The fraction of sp³-hybridized carbons (Fsp3) is 0.381. The van der Waals surface area contributed by atoms with E-state index in [2.05, 4.69) is 15.0 Å². The zero-order valence-corrected chi connectivity index (χ0v) is 16.2. The fourth-order valence-electron chi connectivity index (χ4n) is 3.07. The maximum atomic E-state index is 12.5. The summed E-state index contributed by atoms with van der Waals surface area (Å²) in [7, 11) is 1.34. The Morgan fingerprint density at radius 1 is 1.10 bits per heavy atom. The minimum atomic E-state index is -3.00. The summed E-state index contributed by atoms with van der Waals surface area (Å²) in [6, 6.07) is 12.2. The van der Waals surface area contributed by atoms with E-state index in [4.69, 9.17) is 9.47 Å². The number of amides is 1. The first-order valence-electron chi connectivity index (χ1n) is 9.34. The summed E-state index contributed by atoms with van der Waals surface area (Å²) in [5.74, 6) is -0.426. The van der Waals surface area contributed by atoms with Gasteiger partial charge in [0.15, 0.2) is 11.5 Å². The van der Waals surface area contributed by atoms with Crippen molar-refractivity contribution in [3.8, 4) is 11.5 Å². The molecule has 0 aliphatic carbocycles. The van der Waals surface area contributed by atoms with Crippen molar-refractivity contribution in [2.45, 2.75) is 19.7 Å². The average molecular weight is 406 g/mol. The molecule has 1 amide bonds. The van der Waals surface area contributed by atoms with Gasteiger partial charge >= 0.3 is 6.61 Å². The normalized spacial score (nSPS) is 14.6. The summed E-state index contributed by atoms with van der Waals surface area (Å²) in [6.07, 6.45) is 0. The summed E-state index contributed by atoms with van der Waals surface area (Å²) in [5, 5.41) is 2.78. The molecular weight excluding hydrogens is 382 g/mol. The second-order valence-electron chi connectivity index (χ2n) is 6.63. The van der Waals surface area contributed by atoms with Gasteiger partial charge in [0.05, 0.1) is 20.3 Å². The highest BCUT2D eigenvalue weighted by Crippen LogP contribution is 2.29. The number of halogens is 2. The van der Waals surface area contributed by atoms with E-state index in [0.29, 0.717) is 6.54 Å². The molecule has 0 radical (unpaired) electrons. The van der Waals surface area contributed by atoms with Gasteiger partial charge in [-0.3, -0.25) is 9.69 Å². The SMILES string of the molecule is COc1ccc(C(=O)NCc2ccc(CN3CCOCC3)cc2)cc1OC(F)F. The van der Waals surface area contributed by atoms with E-state index in [-0.39, 0.29) is 23.0 Å². The largest absolute Gasteiger partial charge is 0.493 e. The molecule has 1 saturated heterocycles. The molecule has 2 aromatic carbocycles. The van der Waals surface area contributed by atoms with Crippen molar-refractivity contribution in [2.24, 2.45) is 0 Å². The minimum absolute atomic E-state index is 0.137. The third kappa shape index (κ3) is 6.13. The van der Waals surface area contributed by atoms with Gasteiger partial charge < -0.3 is 19.5 Å². The van der Waals surface area contributed by atoms with Crippen molar-refractivity contribution < 1.29 is 27.8 Å². The third-order valence-electron chi connectivity index (χ3n) is 4.63. The van der Waals surface area contributed by atoms with Gasteiger partial charge in [-0.15, -0.1) is 0 Å². The van der Waals surface area contributed by atoms with Crippen LogP contribution in [0.1, 0.15) is 21.5 Å². The molecular formula is C21H24F2N2O4. The Labute approximate surface area is 168 Å². The third-order valence-corrected chi connectivity index (χ3v) is 4.63. The number of nitrogens with one attached hydrogen (secondary N) is 1. The lowest BCUT2D eigenvalue weighted by molar-refractivity contribution is -0.0512. The topological polar surface area (TPSA) is 60.0 Å². The van der Waals surface area contributed by atoms with Gasteiger partial charge in [0.1, 0.15) is 0 Å². The van der Waals surface area contributed by atoms with Crippen LogP contribution in [0.5, 0.6) is 11.5 Å². The van der Waals surface area contributed by atoms with E-state index < -0.39 is 6.61 Å². The van der Waals surface area contributed by atoms with E-state index >= 15 is 0 Å². The summed E-state index contributed by atoms with van der Waals surface area (Å²) in [5.41, 5.74) is 2.36. The molecule has 1 N–H and O–H groups in total. The number of hydrogen-bond acceptors (Lipinski definition) is 5. The Hall–Kier alpha value is -2.71. The highest BCUT2D eigenvalue weighted by atomic mass is 19.3. The molecule has 1 heterocycles. The lowest BCUT2D eigenvalue weighted by Crippen LogP contribution is -2.35. The van der Waals surface area contributed by atoms with E-state index in [0.717, 1.165) is 38.4 Å². The van der Waals surface area contributed by atoms with Crippen LogP contribution in [0.4, 0.5) is 8.78 Å². The van der Waals surface area contributed by atoms with Gasteiger partial charge in [-0.1, -0.05) is 24.3 Å². The first kappa shape index (κ1) is 21.0. The van der Waals surface area contributed by atoms with Crippen molar-refractivity contribution in [3.05, 3.63) is 59.2 Å². The number of carbonyl (C=O) groups excluding carboxylic acids is 1. The Balaban J connectivity index is 1.56. The van der Waals surface area contributed by atoms with Crippen molar-refractivity contribution in [3.63, 3.8) is 0 Å². The lowest BCUT2D eigenvalue weighted by atomic mass is 10.1. The number of rotatable bonds is 8. The van der Waals surface area contributed by atoms with Crippen LogP contribution in [0.15, 0.2) is 42.5 Å². The first-order chi connectivity index (χ1) is 14.0. The molecule has 0 bridgehead atoms. The van der Waals surface area contributed by atoms with Gasteiger partial charge in [0, 0.05) is 31.7 Å². The summed E-state index contributed by atoms with van der Waals surface area (Å²) in [6.45, 7) is 1.58. The maximum Gasteiger partial charge on any atom is 0.387 e. The quantitative estimate of drug-likeness (QED) is 0.730. The number of benzene rings is 2. The standard InChI is InChI=1S/C21H24F2N2O4/c1-27-18-7-6-17(12-19(18)29-21(22)23)20(26)24-13-15-2-4-16(5-3-15)14-25-8-10-28-11-9-25/h2-7,12,21H,8-11,13-14H2,1H3,(H,24,26). The molecule has 0 atom stereocenters. The van der Waals surface area contributed by atoms with E-state index in [1.807, 2.05) is 24.3 Å². The van der Waals surface area contributed by atoms with Gasteiger partial charge in [0.25, 0.3) is 5.91 Å². The molecule has 2 aromatic rings. The number of hydrogen-bond donors (Lipinski definition) is 1. The highest BCUT2D eigenvalue weighted by molar-refractivity contribution is 5.94. The number of alkyl halides is 2. The van der Waals surface area contributed by atoms with E-state index in [9.17, 15) is 13.6 Å². The molecule has 8 heteroatoms. The van der Waals surface area contributed by atoms with Gasteiger partial charge in [-0.2, -0.15) is 8.78 Å². The van der Waals surface area contributed by atoms with Crippen LogP contribution in [0, 0.1) is 0 Å².